The summed E-state index contributed by atoms with van der Waals surface area (Å²) in [5.74, 6) is 0.891. The molecule has 1 aliphatic rings. The van der Waals surface area contributed by atoms with Crippen LogP contribution in [0.3, 0.4) is 0 Å². The summed E-state index contributed by atoms with van der Waals surface area (Å²) in [6.45, 7) is 9.09. The number of halogens is 1. The molecular formula is C11H21ClN4OSi. The molecule has 0 amide bonds. The summed E-state index contributed by atoms with van der Waals surface area (Å²) in [6.07, 6.45) is 1.67. The molecule has 102 valence electrons. The van der Waals surface area contributed by atoms with Gasteiger partial charge in [0.2, 0.25) is 0 Å². The highest BCUT2D eigenvalue weighted by molar-refractivity contribution is 6.76. The molecule has 0 spiro atoms. The van der Waals surface area contributed by atoms with E-state index in [0.717, 1.165) is 18.1 Å². The van der Waals surface area contributed by atoms with Crippen LogP contribution in [0.25, 0.3) is 0 Å². The molecule has 0 aromatic carbocycles. The minimum Gasteiger partial charge on any atom is -0.361 e. The number of alkyl halides is 1. The molecule has 1 atom stereocenters. The van der Waals surface area contributed by atoms with Gasteiger partial charge in [0.25, 0.3) is 0 Å². The van der Waals surface area contributed by atoms with Gasteiger partial charge in [-0.05, 0) is 6.04 Å². The Morgan fingerprint density at radius 1 is 1.56 bits per heavy atom. The summed E-state index contributed by atoms with van der Waals surface area (Å²) in [6, 6.07) is 1.18. The van der Waals surface area contributed by atoms with E-state index in [0.29, 0.717) is 13.4 Å². The minimum atomic E-state index is -1.02. The molecule has 1 aliphatic heterocycles. The number of imidazole rings is 1. The monoisotopic (exact) mass is 288 g/mol. The normalized spacial score (nSPS) is 20.0. The molecule has 0 bridgehead atoms. The van der Waals surface area contributed by atoms with Gasteiger partial charge in [-0.2, -0.15) is 0 Å². The van der Waals surface area contributed by atoms with Crippen molar-refractivity contribution in [2.24, 2.45) is 0 Å². The molecule has 0 radical (unpaired) electrons. The van der Waals surface area contributed by atoms with E-state index < -0.39 is 8.07 Å². The van der Waals surface area contributed by atoms with Crippen molar-refractivity contribution in [3.8, 4) is 0 Å². The fourth-order valence-electron chi connectivity index (χ4n) is 1.76. The van der Waals surface area contributed by atoms with Crippen LogP contribution >= 0.6 is 11.6 Å². The average molecular weight is 289 g/mol. The molecule has 7 heteroatoms. The van der Waals surface area contributed by atoms with E-state index >= 15 is 0 Å². The number of nitrogens with zero attached hydrogens (tertiary/aromatic N) is 2. The van der Waals surface area contributed by atoms with Crippen LogP contribution in [-0.2, 0) is 4.74 Å². The molecule has 18 heavy (non-hydrogen) atoms. The van der Waals surface area contributed by atoms with E-state index in [1.165, 1.54) is 6.04 Å². The molecular weight excluding hydrogens is 268 g/mol. The third-order valence-electron chi connectivity index (χ3n) is 2.91. The van der Waals surface area contributed by atoms with Crippen LogP contribution in [0.1, 0.15) is 11.2 Å². The third-order valence-corrected chi connectivity index (χ3v) is 4.98. The molecule has 2 heterocycles. The van der Waals surface area contributed by atoms with Crippen molar-refractivity contribution in [2.75, 3.05) is 24.9 Å². The number of aromatic nitrogens is 2. The molecule has 2 rings (SSSR count). The van der Waals surface area contributed by atoms with Gasteiger partial charge in [0.15, 0.2) is 5.82 Å². The molecule has 5 nitrogen and oxygen atoms in total. The summed E-state index contributed by atoms with van der Waals surface area (Å²) in [4.78, 5) is 9.40. The second-order valence-corrected chi connectivity index (χ2v) is 11.8. The lowest BCUT2D eigenvalue weighted by molar-refractivity contribution is 0.143. The zero-order valence-electron chi connectivity index (χ0n) is 11.2. The SMILES string of the molecule is C[Si](C)(C)CCOCN1CNC(Cl)c2[nH]cnc21. The van der Waals surface area contributed by atoms with E-state index in [1.54, 1.807) is 6.33 Å². The van der Waals surface area contributed by atoms with Crippen LogP contribution in [0, 0.1) is 0 Å². The first-order valence-corrected chi connectivity index (χ1v) is 10.4. The van der Waals surface area contributed by atoms with Crippen molar-refractivity contribution in [2.45, 2.75) is 31.2 Å². The van der Waals surface area contributed by atoms with Crippen LogP contribution in [0.4, 0.5) is 5.82 Å². The van der Waals surface area contributed by atoms with Crippen LogP contribution in [0.15, 0.2) is 6.33 Å². The van der Waals surface area contributed by atoms with E-state index in [4.69, 9.17) is 16.3 Å². The fourth-order valence-corrected chi connectivity index (χ4v) is 2.75. The summed E-state index contributed by atoms with van der Waals surface area (Å²) in [5, 5.41) is 3.18. The summed E-state index contributed by atoms with van der Waals surface area (Å²) < 4.78 is 5.73. The first-order valence-electron chi connectivity index (χ1n) is 6.21. The minimum absolute atomic E-state index is 0.194. The Bertz CT molecular complexity index is 393. The number of aromatic amines is 1. The zero-order valence-corrected chi connectivity index (χ0v) is 12.9. The van der Waals surface area contributed by atoms with Gasteiger partial charge < -0.3 is 14.6 Å². The molecule has 1 unspecified atom stereocenters. The Kier molecular flexibility index (Phi) is 4.31. The fraction of sp³-hybridized carbons (Fsp3) is 0.727. The topological polar surface area (TPSA) is 53.2 Å². The second-order valence-electron chi connectivity index (χ2n) is 5.75. The van der Waals surface area contributed by atoms with E-state index in [2.05, 4.69) is 39.8 Å². The largest absolute Gasteiger partial charge is 0.361 e. The Labute approximate surface area is 114 Å². The van der Waals surface area contributed by atoms with Gasteiger partial charge in [0.1, 0.15) is 12.2 Å². The highest BCUT2D eigenvalue weighted by Gasteiger charge is 2.25. The molecule has 0 saturated heterocycles. The highest BCUT2D eigenvalue weighted by atomic mass is 35.5. The van der Waals surface area contributed by atoms with E-state index in [-0.39, 0.29) is 5.50 Å². The van der Waals surface area contributed by atoms with Crippen molar-refractivity contribution >= 4 is 25.5 Å². The maximum absolute atomic E-state index is 6.13. The molecule has 1 aromatic rings. The molecule has 0 saturated carbocycles. The van der Waals surface area contributed by atoms with Crippen molar-refractivity contribution in [3.05, 3.63) is 12.0 Å². The molecule has 0 fully saturated rings. The van der Waals surface area contributed by atoms with E-state index in [9.17, 15) is 0 Å². The Balaban J connectivity index is 1.83. The summed E-state index contributed by atoms with van der Waals surface area (Å²) in [7, 11) is -1.02. The predicted molar refractivity (Wildman–Crippen MR) is 76.6 cm³/mol. The van der Waals surface area contributed by atoms with Crippen molar-refractivity contribution in [1.29, 1.82) is 0 Å². The summed E-state index contributed by atoms with van der Waals surface area (Å²) >= 11 is 6.13. The maximum atomic E-state index is 6.13. The lowest BCUT2D eigenvalue weighted by Gasteiger charge is -2.30. The van der Waals surface area contributed by atoms with Crippen LogP contribution in [-0.4, -0.2) is 38.0 Å². The van der Waals surface area contributed by atoms with Crippen LogP contribution in [0.2, 0.25) is 25.7 Å². The van der Waals surface area contributed by atoms with Crippen molar-refractivity contribution < 1.29 is 4.74 Å². The predicted octanol–water partition coefficient (Wildman–Crippen LogP) is 2.33. The Morgan fingerprint density at radius 3 is 3.06 bits per heavy atom. The van der Waals surface area contributed by atoms with Crippen LogP contribution in [0.5, 0.6) is 0 Å². The van der Waals surface area contributed by atoms with Gasteiger partial charge in [0.05, 0.1) is 18.7 Å². The van der Waals surface area contributed by atoms with Gasteiger partial charge >= 0.3 is 0 Å². The number of ether oxygens (including phenoxy) is 1. The number of anilines is 1. The number of H-pyrrole nitrogens is 1. The van der Waals surface area contributed by atoms with Crippen molar-refractivity contribution in [3.63, 3.8) is 0 Å². The Morgan fingerprint density at radius 2 is 2.33 bits per heavy atom. The number of hydrogen-bond donors (Lipinski definition) is 2. The number of rotatable bonds is 5. The number of hydrogen-bond acceptors (Lipinski definition) is 4. The average Bonchev–Trinajstić information content (AvgIpc) is 2.75. The standard InChI is InChI=1S/C11H21ClN4OSi/c1-18(2,3)5-4-17-8-16-7-15-10(12)9-11(16)14-6-13-9/h6,10,15H,4-5,7-8H2,1-3H3,(H,13,14). The summed E-state index contributed by atoms with van der Waals surface area (Å²) in [5.41, 5.74) is 0.720. The maximum Gasteiger partial charge on any atom is 0.155 e. The molecule has 1 aromatic heterocycles. The Hall–Kier alpha value is -0.563. The van der Waals surface area contributed by atoms with Crippen LogP contribution < -0.4 is 10.2 Å². The van der Waals surface area contributed by atoms with E-state index in [1.807, 2.05) is 0 Å². The number of nitrogens with one attached hydrogen (secondary N) is 2. The third kappa shape index (κ3) is 3.47. The number of fused-ring (bicyclic) bond motifs is 1. The first kappa shape index (κ1) is 13.9. The van der Waals surface area contributed by atoms with Gasteiger partial charge in [0, 0.05) is 14.7 Å². The quantitative estimate of drug-likeness (QED) is 0.378. The van der Waals surface area contributed by atoms with Gasteiger partial charge in [-0.15, -0.1) is 0 Å². The zero-order chi connectivity index (χ0) is 13.2. The van der Waals surface area contributed by atoms with Gasteiger partial charge in [-0.1, -0.05) is 31.2 Å². The lowest BCUT2D eigenvalue weighted by atomic mass is 10.3. The molecule has 2 N–H and O–H groups in total. The second kappa shape index (κ2) is 5.60. The molecule has 0 aliphatic carbocycles. The van der Waals surface area contributed by atoms with Gasteiger partial charge in [-0.3, -0.25) is 5.32 Å². The first-order chi connectivity index (χ1) is 8.47. The highest BCUT2D eigenvalue weighted by Crippen LogP contribution is 2.28. The smallest absolute Gasteiger partial charge is 0.155 e. The lowest BCUT2D eigenvalue weighted by Crippen LogP contribution is -2.42. The van der Waals surface area contributed by atoms with Crippen molar-refractivity contribution in [1.82, 2.24) is 15.3 Å². The van der Waals surface area contributed by atoms with Gasteiger partial charge in [-0.25, -0.2) is 4.98 Å².